The molecule has 0 bridgehead atoms. The molecule has 41 heavy (non-hydrogen) atoms. The van der Waals surface area contributed by atoms with Gasteiger partial charge in [-0.05, 0) is 44.1 Å². The number of urea groups is 1. The first-order chi connectivity index (χ1) is 19.4. The summed E-state index contributed by atoms with van der Waals surface area (Å²) in [6, 6.07) is 6.23. The molecule has 4 N–H and O–H groups in total. The summed E-state index contributed by atoms with van der Waals surface area (Å²) in [6.45, 7) is 8.13. The lowest BCUT2D eigenvalue weighted by atomic mass is 9.88. The van der Waals surface area contributed by atoms with E-state index in [9.17, 15) is 28.8 Å². The van der Waals surface area contributed by atoms with E-state index in [4.69, 9.17) is 5.73 Å². The molecule has 0 spiro atoms. The van der Waals surface area contributed by atoms with Gasteiger partial charge in [-0.25, -0.2) is 4.79 Å². The number of primary amides is 1. The number of Topliss-reactive ketones (excluding diaryl/α,β-unsaturated/α-hetero) is 2. The van der Waals surface area contributed by atoms with Gasteiger partial charge in [0.25, 0.3) is 0 Å². The van der Waals surface area contributed by atoms with Crippen molar-refractivity contribution >= 4 is 35.3 Å². The van der Waals surface area contributed by atoms with Crippen LogP contribution < -0.4 is 16.4 Å². The first kappa shape index (κ1) is 33.6. The lowest BCUT2D eigenvalue weighted by Crippen LogP contribution is -2.46. The number of carbonyl (C=O) groups is 6. The summed E-state index contributed by atoms with van der Waals surface area (Å²) < 4.78 is 0. The maximum atomic E-state index is 13.3. The quantitative estimate of drug-likeness (QED) is 0.182. The standard InChI is InChI=1S/C31H46N4O6/c1-20(2)25(19-24(36)9-6-5-7-16-35-28(38)17-22(4)30(35)40)29(39)34-26(10-8-15-33-31(32)41)27(37)18-23-13-11-21(3)12-14-23/h11-14,20,22,25-26H,5-10,15-19H2,1-4H3,(H,34,39)(H3,32,33,41)/t22?,25-,26-/m0/s1. The number of ketones is 2. The van der Waals surface area contributed by atoms with Gasteiger partial charge >= 0.3 is 6.03 Å². The number of nitrogens with two attached hydrogens (primary N) is 1. The number of imide groups is 1. The van der Waals surface area contributed by atoms with Crippen LogP contribution in [-0.2, 0) is 30.4 Å². The van der Waals surface area contributed by atoms with Gasteiger partial charge in [-0.15, -0.1) is 0 Å². The van der Waals surface area contributed by atoms with Gasteiger partial charge < -0.3 is 16.4 Å². The highest BCUT2D eigenvalue weighted by molar-refractivity contribution is 6.03. The van der Waals surface area contributed by atoms with E-state index in [1.807, 2.05) is 45.0 Å². The van der Waals surface area contributed by atoms with E-state index >= 15 is 0 Å². The molecular formula is C31H46N4O6. The van der Waals surface area contributed by atoms with Gasteiger partial charge in [0.05, 0.1) is 6.04 Å². The molecule has 3 atom stereocenters. The summed E-state index contributed by atoms with van der Waals surface area (Å²) in [5.41, 5.74) is 7.06. The monoisotopic (exact) mass is 570 g/mol. The van der Waals surface area contributed by atoms with E-state index in [0.717, 1.165) is 11.1 Å². The van der Waals surface area contributed by atoms with Gasteiger partial charge in [-0.3, -0.25) is 28.9 Å². The zero-order valence-electron chi connectivity index (χ0n) is 24.9. The van der Waals surface area contributed by atoms with Crippen molar-refractivity contribution in [3.8, 4) is 0 Å². The third-order valence-corrected chi connectivity index (χ3v) is 7.57. The van der Waals surface area contributed by atoms with Crippen molar-refractivity contribution in [2.24, 2.45) is 23.5 Å². The fraction of sp³-hybridized carbons (Fsp3) is 0.613. The van der Waals surface area contributed by atoms with Crippen LogP contribution in [0, 0.1) is 24.7 Å². The summed E-state index contributed by atoms with van der Waals surface area (Å²) in [6.07, 6.45) is 3.54. The number of amides is 5. The molecule has 1 saturated heterocycles. The molecule has 1 aromatic rings. The van der Waals surface area contributed by atoms with E-state index in [-0.39, 0.29) is 66.9 Å². The van der Waals surface area contributed by atoms with Crippen molar-refractivity contribution in [3.05, 3.63) is 35.4 Å². The summed E-state index contributed by atoms with van der Waals surface area (Å²) in [5, 5.41) is 5.39. The predicted molar refractivity (Wildman–Crippen MR) is 156 cm³/mol. The number of carbonyl (C=O) groups excluding carboxylic acids is 6. The van der Waals surface area contributed by atoms with Crippen molar-refractivity contribution in [1.29, 1.82) is 0 Å². The molecule has 0 radical (unpaired) electrons. The largest absolute Gasteiger partial charge is 0.352 e. The molecule has 1 fully saturated rings. The third-order valence-electron chi connectivity index (χ3n) is 7.57. The number of unbranched alkanes of at least 4 members (excludes halogenated alkanes) is 2. The van der Waals surface area contributed by atoms with E-state index in [1.165, 1.54) is 4.90 Å². The van der Waals surface area contributed by atoms with Crippen LogP contribution in [0.25, 0.3) is 0 Å². The highest BCUT2D eigenvalue weighted by Crippen LogP contribution is 2.21. The molecule has 1 aliphatic heterocycles. The summed E-state index contributed by atoms with van der Waals surface area (Å²) >= 11 is 0. The molecule has 5 amide bonds. The van der Waals surface area contributed by atoms with Crippen molar-refractivity contribution < 1.29 is 28.8 Å². The molecule has 0 aliphatic carbocycles. The van der Waals surface area contributed by atoms with Gasteiger partial charge in [0.2, 0.25) is 17.7 Å². The first-order valence-corrected chi connectivity index (χ1v) is 14.7. The Morgan fingerprint density at radius 3 is 2.29 bits per heavy atom. The van der Waals surface area contributed by atoms with Crippen molar-refractivity contribution in [3.63, 3.8) is 0 Å². The molecule has 0 aromatic heterocycles. The van der Waals surface area contributed by atoms with Gasteiger partial charge in [0.1, 0.15) is 5.78 Å². The van der Waals surface area contributed by atoms with Crippen LogP contribution >= 0.6 is 0 Å². The van der Waals surface area contributed by atoms with Crippen LogP contribution in [0.4, 0.5) is 4.79 Å². The van der Waals surface area contributed by atoms with Crippen LogP contribution in [0.1, 0.15) is 83.3 Å². The second-order valence-electron chi connectivity index (χ2n) is 11.5. The Morgan fingerprint density at radius 1 is 1.02 bits per heavy atom. The lowest BCUT2D eigenvalue weighted by Gasteiger charge is -2.24. The average molecular weight is 571 g/mol. The molecule has 226 valence electrons. The molecule has 0 saturated carbocycles. The molecule has 2 rings (SSSR count). The Kier molecular flexibility index (Phi) is 13.7. The fourth-order valence-corrected chi connectivity index (χ4v) is 4.97. The lowest BCUT2D eigenvalue weighted by molar-refractivity contribution is -0.139. The Morgan fingerprint density at radius 2 is 1.71 bits per heavy atom. The number of hydrogen-bond donors (Lipinski definition) is 3. The van der Waals surface area contributed by atoms with Crippen LogP contribution in [0.5, 0.6) is 0 Å². The van der Waals surface area contributed by atoms with E-state index in [2.05, 4.69) is 10.6 Å². The SMILES string of the molecule is Cc1ccc(CC(=O)[C@H](CCCNC(N)=O)NC(=O)[C@@H](CC(=O)CCCCCN2C(=O)CC(C)C2=O)C(C)C)cc1. The topological polar surface area (TPSA) is 156 Å². The number of hydrogen-bond acceptors (Lipinski definition) is 6. The highest BCUT2D eigenvalue weighted by atomic mass is 16.2. The molecule has 1 aliphatic rings. The normalized spacial score (nSPS) is 16.5. The van der Waals surface area contributed by atoms with Crippen LogP contribution in [0.3, 0.4) is 0 Å². The predicted octanol–water partition coefficient (Wildman–Crippen LogP) is 3.23. The van der Waals surface area contributed by atoms with Crippen molar-refractivity contribution in [2.75, 3.05) is 13.1 Å². The van der Waals surface area contributed by atoms with Crippen LogP contribution in [0.15, 0.2) is 24.3 Å². The second-order valence-corrected chi connectivity index (χ2v) is 11.5. The number of aryl methyl sites for hydroxylation is 1. The van der Waals surface area contributed by atoms with Gasteiger partial charge in [-0.1, -0.05) is 57.0 Å². The number of benzene rings is 1. The molecule has 1 aromatic carbocycles. The molecule has 1 heterocycles. The molecule has 1 unspecified atom stereocenters. The van der Waals surface area contributed by atoms with Crippen molar-refractivity contribution in [2.45, 2.75) is 91.5 Å². The molecular weight excluding hydrogens is 524 g/mol. The molecule has 10 nitrogen and oxygen atoms in total. The Hall–Kier alpha value is -3.56. The van der Waals surface area contributed by atoms with Crippen molar-refractivity contribution in [1.82, 2.24) is 15.5 Å². The summed E-state index contributed by atoms with van der Waals surface area (Å²) in [5.74, 6) is -1.72. The van der Waals surface area contributed by atoms with Gasteiger partial charge in [0.15, 0.2) is 5.78 Å². The van der Waals surface area contributed by atoms with Gasteiger partial charge in [-0.2, -0.15) is 0 Å². The maximum Gasteiger partial charge on any atom is 0.312 e. The summed E-state index contributed by atoms with van der Waals surface area (Å²) in [7, 11) is 0. The minimum Gasteiger partial charge on any atom is -0.352 e. The number of rotatable bonds is 18. The number of nitrogens with one attached hydrogen (secondary N) is 2. The molecule has 10 heteroatoms. The zero-order chi connectivity index (χ0) is 30.5. The fourth-order valence-electron chi connectivity index (χ4n) is 4.97. The Labute approximate surface area is 243 Å². The zero-order valence-corrected chi connectivity index (χ0v) is 24.9. The maximum absolute atomic E-state index is 13.3. The highest BCUT2D eigenvalue weighted by Gasteiger charge is 2.35. The minimum atomic E-state index is -0.756. The van der Waals surface area contributed by atoms with E-state index in [1.54, 1.807) is 6.92 Å². The second kappa shape index (κ2) is 16.6. The number of likely N-dealkylation sites (tertiary alicyclic amines) is 1. The van der Waals surface area contributed by atoms with E-state index in [0.29, 0.717) is 45.1 Å². The minimum absolute atomic E-state index is 0.0333. The first-order valence-electron chi connectivity index (χ1n) is 14.7. The third kappa shape index (κ3) is 11.4. The average Bonchev–Trinajstić information content (AvgIpc) is 3.15. The Bertz CT molecular complexity index is 1080. The van der Waals surface area contributed by atoms with Crippen LogP contribution in [0.2, 0.25) is 0 Å². The van der Waals surface area contributed by atoms with Crippen LogP contribution in [-0.4, -0.2) is 59.4 Å². The smallest absolute Gasteiger partial charge is 0.312 e. The van der Waals surface area contributed by atoms with Gasteiger partial charge in [0, 0.05) is 50.6 Å². The number of nitrogens with zero attached hydrogens (tertiary/aromatic N) is 1. The Balaban J connectivity index is 1.90. The van der Waals surface area contributed by atoms with E-state index < -0.39 is 18.0 Å². The summed E-state index contributed by atoms with van der Waals surface area (Å²) in [4.78, 5) is 75.5.